The zero-order valence-electron chi connectivity index (χ0n) is 8.11. The second kappa shape index (κ2) is 6.16. The van der Waals surface area contributed by atoms with Crippen LogP contribution in [0.15, 0.2) is 30.6 Å². The molecule has 4 nitrogen and oxygen atoms in total. The lowest BCUT2D eigenvalue weighted by Crippen LogP contribution is -2.23. The van der Waals surface area contributed by atoms with Gasteiger partial charge in [-0.05, 0) is 6.07 Å². The summed E-state index contributed by atoms with van der Waals surface area (Å²) in [5, 5.41) is 3.03. The van der Waals surface area contributed by atoms with Gasteiger partial charge in [-0.1, -0.05) is 23.8 Å². The molecule has 0 saturated heterocycles. The molecule has 0 aliphatic carbocycles. The van der Waals surface area contributed by atoms with Gasteiger partial charge in [-0.15, -0.1) is 0 Å². The minimum absolute atomic E-state index is 0.218. The van der Waals surface area contributed by atoms with E-state index in [1.807, 2.05) is 0 Å². The molecule has 1 aromatic heterocycles. The van der Waals surface area contributed by atoms with Gasteiger partial charge in [-0.3, -0.25) is 9.78 Å². The lowest BCUT2D eigenvalue weighted by Gasteiger charge is -2.03. The number of hydrogen-bond donors (Lipinski definition) is 2. The zero-order chi connectivity index (χ0) is 11.1. The van der Waals surface area contributed by atoms with Crippen LogP contribution in [0, 0.1) is 0 Å². The molecule has 80 valence electrons. The predicted octanol–water partition coefficient (Wildman–Crippen LogP) is 0.980. The number of nitrogens with one attached hydrogen (secondary N) is 1. The van der Waals surface area contributed by atoms with Crippen LogP contribution in [-0.4, -0.2) is 24.0 Å². The topological polar surface area (TPSA) is 68.0 Å². The second-order valence-corrected chi connectivity index (χ2v) is 3.18. The molecule has 0 radical (unpaired) electrons. The molecule has 1 rings (SSSR count). The van der Waals surface area contributed by atoms with E-state index in [1.54, 1.807) is 18.2 Å². The van der Waals surface area contributed by atoms with E-state index in [0.29, 0.717) is 23.7 Å². The Morgan fingerprint density at radius 2 is 2.40 bits per heavy atom. The average Bonchev–Trinajstić information content (AvgIpc) is 2.25. The van der Waals surface area contributed by atoms with Gasteiger partial charge in [0.15, 0.2) is 0 Å². The summed E-state index contributed by atoms with van der Waals surface area (Å²) in [6.07, 6.45) is 6.52. The molecule has 1 heterocycles. The highest BCUT2D eigenvalue weighted by Gasteiger charge is 2.07. The third kappa shape index (κ3) is 3.69. The van der Waals surface area contributed by atoms with E-state index >= 15 is 0 Å². The van der Waals surface area contributed by atoms with Crippen LogP contribution in [0.3, 0.4) is 0 Å². The van der Waals surface area contributed by atoms with Crippen LogP contribution >= 0.6 is 11.6 Å². The van der Waals surface area contributed by atoms with Crippen molar-refractivity contribution in [3.63, 3.8) is 0 Å². The molecule has 0 aliphatic rings. The van der Waals surface area contributed by atoms with Crippen LogP contribution in [-0.2, 0) is 0 Å². The molecule has 0 fully saturated rings. The molecule has 1 aromatic rings. The number of rotatable bonds is 4. The smallest absolute Gasteiger partial charge is 0.253 e. The number of halogens is 1. The van der Waals surface area contributed by atoms with Gasteiger partial charge in [0.25, 0.3) is 5.91 Å². The standard InChI is InChI=1S/C10H12ClN3O/c11-9-7-13-6-3-8(9)10(15)14-5-2-1-4-12/h1-3,6-7H,4-5,12H2,(H,14,15)/b2-1+. The van der Waals surface area contributed by atoms with Crippen LogP contribution in [0.25, 0.3) is 0 Å². The molecule has 0 bridgehead atoms. The first-order valence-corrected chi connectivity index (χ1v) is 4.86. The Morgan fingerprint density at radius 1 is 1.60 bits per heavy atom. The number of hydrogen-bond acceptors (Lipinski definition) is 3. The maximum atomic E-state index is 11.5. The number of carbonyl (C=O) groups excluding carboxylic acids is 1. The number of aromatic nitrogens is 1. The van der Waals surface area contributed by atoms with Crippen molar-refractivity contribution in [2.45, 2.75) is 0 Å². The summed E-state index contributed by atoms with van der Waals surface area (Å²) in [7, 11) is 0. The first-order valence-electron chi connectivity index (χ1n) is 4.48. The van der Waals surface area contributed by atoms with Crippen molar-refractivity contribution in [2.24, 2.45) is 5.73 Å². The van der Waals surface area contributed by atoms with Gasteiger partial charge in [0.05, 0.1) is 10.6 Å². The van der Waals surface area contributed by atoms with Crippen LogP contribution in [0.1, 0.15) is 10.4 Å². The summed E-state index contributed by atoms with van der Waals surface area (Å²) < 4.78 is 0. The molecule has 3 N–H and O–H groups in total. The fourth-order valence-electron chi connectivity index (χ4n) is 0.986. The monoisotopic (exact) mass is 225 g/mol. The molecule has 0 aromatic carbocycles. The predicted molar refractivity (Wildman–Crippen MR) is 59.8 cm³/mol. The van der Waals surface area contributed by atoms with Crippen LogP contribution in [0.2, 0.25) is 5.02 Å². The average molecular weight is 226 g/mol. The first kappa shape index (κ1) is 11.7. The molecule has 0 aliphatic heterocycles. The zero-order valence-corrected chi connectivity index (χ0v) is 8.87. The van der Waals surface area contributed by atoms with Crippen molar-refractivity contribution in [1.82, 2.24) is 10.3 Å². The van der Waals surface area contributed by atoms with Crippen molar-refractivity contribution in [2.75, 3.05) is 13.1 Å². The van der Waals surface area contributed by atoms with Crippen LogP contribution in [0.5, 0.6) is 0 Å². The number of nitrogens with zero attached hydrogens (tertiary/aromatic N) is 1. The van der Waals surface area contributed by atoms with E-state index in [9.17, 15) is 4.79 Å². The molecule has 15 heavy (non-hydrogen) atoms. The molecule has 0 atom stereocenters. The maximum absolute atomic E-state index is 11.5. The second-order valence-electron chi connectivity index (χ2n) is 2.77. The van der Waals surface area contributed by atoms with Gasteiger partial charge < -0.3 is 11.1 Å². The molecule has 1 amide bonds. The molecule has 0 spiro atoms. The minimum atomic E-state index is -0.218. The Bertz CT molecular complexity index is 365. The van der Waals surface area contributed by atoms with Gasteiger partial charge in [0.2, 0.25) is 0 Å². The Labute approximate surface area is 93.1 Å². The third-order valence-corrected chi connectivity index (χ3v) is 2.00. The first-order chi connectivity index (χ1) is 7.25. The fraction of sp³-hybridized carbons (Fsp3) is 0.200. The SMILES string of the molecule is NC/C=C/CNC(=O)c1ccncc1Cl. The van der Waals surface area contributed by atoms with Gasteiger partial charge in [-0.25, -0.2) is 0 Å². The van der Waals surface area contributed by atoms with E-state index in [4.69, 9.17) is 17.3 Å². The number of nitrogens with two attached hydrogens (primary N) is 1. The normalized spacial score (nSPS) is 10.5. The summed E-state index contributed by atoms with van der Waals surface area (Å²) >= 11 is 5.80. The minimum Gasteiger partial charge on any atom is -0.349 e. The van der Waals surface area contributed by atoms with Gasteiger partial charge >= 0.3 is 0 Å². The largest absolute Gasteiger partial charge is 0.349 e. The summed E-state index contributed by atoms with van der Waals surface area (Å²) in [5.41, 5.74) is 5.68. The Hall–Kier alpha value is -1.39. The van der Waals surface area contributed by atoms with Crippen LogP contribution < -0.4 is 11.1 Å². The van der Waals surface area contributed by atoms with Crippen molar-refractivity contribution < 1.29 is 4.79 Å². The number of pyridine rings is 1. The maximum Gasteiger partial charge on any atom is 0.253 e. The van der Waals surface area contributed by atoms with Gasteiger partial charge in [0, 0.05) is 25.5 Å². The van der Waals surface area contributed by atoms with Crippen molar-refractivity contribution >= 4 is 17.5 Å². The summed E-state index contributed by atoms with van der Waals surface area (Å²) in [6.45, 7) is 0.903. The summed E-state index contributed by atoms with van der Waals surface area (Å²) in [4.78, 5) is 15.3. The summed E-state index contributed by atoms with van der Waals surface area (Å²) in [6, 6.07) is 1.57. The molecular weight excluding hydrogens is 214 g/mol. The van der Waals surface area contributed by atoms with Crippen LogP contribution in [0.4, 0.5) is 0 Å². The third-order valence-electron chi connectivity index (χ3n) is 1.70. The van der Waals surface area contributed by atoms with Crippen molar-refractivity contribution in [3.8, 4) is 0 Å². The highest BCUT2D eigenvalue weighted by atomic mass is 35.5. The molecule has 5 heteroatoms. The molecule has 0 saturated carbocycles. The van der Waals surface area contributed by atoms with Crippen molar-refractivity contribution in [3.05, 3.63) is 41.2 Å². The van der Waals surface area contributed by atoms with Gasteiger partial charge in [-0.2, -0.15) is 0 Å². The van der Waals surface area contributed by atoms with Gasteiger partial charge in [0.1, 0.15) is 0 Å². The van der Waals surface area contributed by atoms with E-state index in [2.05, 4.69) is 10.3 Å². The highest BCUT2D eigenvalue weighted by molar-refractivity contribution is 6.33. The van der Waals surface area contributed by atoms with E-state index in [0.717, 1.165) is 0 Å². The Balaban J connectivity index is 2.54. The Kier molecular flexibility index (Phi) is 4.80. The quantitative estimate of drug-likeness (QED) is 0.751. The molecule has 0 unspecified atom stereocenters. The highest BCUT2D eigenvalue weighted by Crippen LogP contribution is 2.12. The number of amides is 1. The fourth-order valence-corrected chi connectivity index (χ4v) is 1.19. The summed E-state index contributed by atoms with van der Waals surface area (Å²) in [5.74, 6) is -0.218. The van der Waals surface area contributed by atoms with E-state index < -0.39 is 0 Å². The Morgan fingerprint density at radius 3 is 3.07 bits per heavy atom. The molecular formula is C10H12ClN3O. The number of carbonyl (C=O) groups is 1. The van der Waals surface area contributed by atoms with E-state index in [-0.39, 0.29) is 5.91 Å². The lowest BCUT2D eigenvalue weighted by atomic mass is 10.2. The lowest BCUT2D eigenvalue weighted by molar-refractivity contribution is 0.0958. The van der Waals surface area contributed by atoms with Crippen molar-refractivity contribution in [1.29, 1.82) is 0 Å². The van der Waals surface area contributed by atoms with E-state index in [1.165, 1.54) is 12.4 Å².